The fourth-order valence-electron chi connectivity index (χ4n) is 3.44. The largest absolute Gasteiger partial charge is 0.508 e. The molecule has 5 rings (SSSR count). The van der Waals surface area contributed by atoms with Crippen LogP contribution in [0.5, 0.6) is 17.2 Å². The zero-order chi connectivity index (χ0) is 18.5. The molecule has 0 amide bonds. The summed E-state index contributed by atoms with van der Waals surface area (Å²) in [6.45, 7) is 0.228. The van der Waals surface area contributed by atoms with Crippen molar-refractivity contribution in [1.29, 1.82) is 0 Å². The highest BCUT2D eigenvalue weighted by molar-refractivity contribution is 5.95. The normalized spacial score (nSPS) is 18.1. The van der Waals surface area contributed by atoms with Crippen LogP contribution in [0.4, 0.5) is 0 Å². The van der Waals surface area contributed by atoms with E-state index in [2.05, 4.69) is 0 Å². The van der Waals surface area contributed by atoms with Crippen LogP contribution in [0.2, 0.25) is 0 Å². The number of phenolic OH excluding ortho intramolecular Hbond substituents is 1. The van der Waals surface area contributed by atoms with Crippen LogP contribution in [0.1, 0.15) is 11.1 Å². The number of para-hydroxylation sites is 1. The molecule has 6 nitrogen and oxygen atoms in total. The minimum atomic E-state index is -0.697. The molecule has 2 N–H and O–H groups in total. The molecule has 27 heavy (non-hydrogen) atoms. The number of fused-ring (bicyclic) bond motifs is 3. The highest BCUT2D eigenvalue weighted by atomic mass is 16.7. The molecule has 0 saturated carbocycles. The monoisotopic (exact) mass is 362 g/mol. The van der Waals surface area contributed by atoms with Crippen molar-refractivity contribution in [2.24, 2.45) is 0 Å². The van der Waals surface area contributed by atoms with Crippen LogP contribution in [-0.2, 0) is 4.74 Å². The van der Waals surface area contributed by atoms with E-state index in [4.69, 9.17) is 13.9 Å². The fraction of sp³-hybridized carbons (Fsp3) is 0.0952. The Kier molecular flexibility index (Phi) is 3.35. The molecule has 6 heteroatoms. The summed E-state index contributed by atoms with van der Waals surface area (Å²) >= 11 is 0. The summed E-state index contributed by atoms with van der Waals surface area (Å²) in [5.41, 5.74) is 1.48. The van der Waals surface area contributed by atoms with E-state index in [1.807, 2.05) is 30.3 Å². The van der Waals surface area contributed by atoms with Crippen LogP contribution >= 0.6 is 0 Å². The molecule has 0 fully saturated rings. The molecule has 134 valence electrons. The van der Waals surface area contributed by atoms with Crippen LogP contribution in [-0.4, -0.2) is 23.1 Å². The Balaban J connectivity index is 1.73. The van der Waals surface area contributed by atoms with Crippen LogP contribution in [0, 0.1) is 0 Å². The van der Waals surface area contributed by atoms with Crippen LogP contribution < -0.4 is 10.4 Å². The van der Waals surface area contributed by atoms with E-state index in [-0.39, 0.29) is 29.3 Å². The highest BCUT2D eigenvalue weighted by Gasteiger charge is 2.32. The maximum Gasteiger partial charge on any atom is 0.347 e. The van der Waals surface area contributed by atoms with Gasteiger partial charge in [-0.3, -0.25) is 0 Å². The first-order valence-electron chi connectivity index (χ1n) is 8.40. The van der Waals surface area contributed by atoms with Crippen LogP contribution in [0.15, 0.2) is 63.3 Å². The molecule has 0 bridgehead atoms. The lowest BCUT2D eigenvalue weighted by Crippen LogP contribution is -2.30. The van der Waals surface area contributed by atoms with E-state index < -0.39 is 11.9 Å². The highest BCUT2D eigenvalue weighted by Crippen LogP contribution is 2.41. The smallest absolute Gasteiger partial charge is 0.347 e. The quantitative estimate of drug-likeness (QED) is 0.645. The first-order chi connectivity index (χ1) is 13.1. The Bertz CT molecular complexity index is 1200. The van der Waals surface area contributed by atoms with Crippen LogP contribution in [0.3, 0.4) is 0 Å². The Morgan fingerprint density at radius 1 is 1.07 bits per heavy atom. The number of rotatable bonds is 1. The predicted octanol–water partition coefficient (Wildman–Crippen LogP) is 3.42. The Morgan fingerprint density at radius 2 is 1.93 bits per heavy atom. The molecule has 1 unspecified atom stereocenters. The lowest BCUT2D eigenvalue weighted by molar-refractivity contribution is -0.0436. The van der Waals surface area contributed by atoms with Gasteiger partial charge in [0.2, 0.25) is 6.29 Å². The number of hydrogen-bond donors (Lipinski definition) is 2. The Morgan fingerprint density at radius 3 is 2.81 bits per heavy atom. The molecule has 2 aromatic carbocycles. The van der Waals surface area contributed by atoms with Crippen LogP contribution in [0.25, 0.3) is 22.6 Å². The zero-order valence-electron chi connectivity index (χ0n) is 14.0. The van der Waals surface area contributed by atoms with Gasteiger partial charge < -0.3 is 24.1 Å². The molecule has 0 radical (unpaired) electrons. The van der Waals surface area contributed by atoms with Gasteiger partial charge in [0.1, 0.15) is 28.4 Å². The van der Waals surface area contributed by atoms with Crippen molar-refractivity contribution in [3.05, 3.63) is 75.7 Å². The topological polar surface area (TPSA) is 89.1 Å². The third-order valence-electron chi connectivity index (χ3n) is 4.70. The summed E-state index contributed by atoms with van der Waals surface area (Å²) in [7, 11) is 0. The molecular weight excluding hydrogens is 348 g/mol. The van der Waals surface area contributed by atoms with E-state index in [0.717, 1.165) is 5.56 Å². The standard InChI is InChI=1S/C21H14O6/c22-12-5-6-14-17(10-12)26-20(24)18(19(14)23)13-7-8-25-21-15(13)9-11-3-1-2-4-16(11)27-21/h1-7,9-10,21-23H,8H2. The average Bonchev–Trinajstić information content (AvgIpc) is 2.66. The van der Waals surface area contributed by atoms with Crippen molar-refractivity contribution in [3.8, 4) is 17.2 Å². The zero-order valence-corrected chi connectivity index (χ0v) is 14.0. The number of ether oxygens (including phenoxy) is 2. The van der Waals surface area contributed by atoms with Gasteiger partial charge in [-0.25, -0.2) is 4.79 Å². The first kappa shape index (κ1) is 15.7. The third-order valence-corrected chi connectivity index (χ3v) is 4.70. The molecule has 3 heterocycles. The lowest BCUT2D eigenvalue weighted by Gasteiger charge is -2.31. The minimum Gasteiger partial charge on any atom is -0.508 e. The van der Waals surface area contributed by atoms with Gasteiger partial charge in [0, 0.05) is 22.8 Å². The molecule has 1 atom stereocenters. The van der Waals surface area contributed by atoms with Crippen molar-refractivity contribution < 1.29 is 24.1 Å². The van der Waals surface area contributed by atoms with Crippen molar-refractivity contribution in [1.82, 2.24) is 0 Å². The fourth-order valence-corrected chi connectivity index (χ4v) is 3.44. The molecular formula is C21H14O6. The molecule has 1 aromatic heterocycles. The van der Waals surface area contributed by atoms with E-state index >= 15 is 0 Å². The molecule has 0 saturated heterocycles. The first-order valence-corrected chi connectivity index (χ1v) is 8.40. The number of benzene rings is 2. The van der Waals surface area contributed by atoms with Crippen molar-refractivity contribution >= 4 is 22.6 Å². The van der Waals surface area contributed by atoms with E-state index in [0.29, 0.717) is 22.3 Å². The van der Waals surface area contributed by atoms with Gasteiger partial charge in [-0.1, -0.05) is 24.3 Å². The molecule has 3 aromatic rings. The summed E-state index contributed by atoms with van der Waals surface area (Å²) < 4.78 is 16.9. The predicted molar refractivity (Wildman–Crippen MR) is 98.6 cm³/mol. The molecule has 2 aliphatic rings. The minimum absolute atomic E-state index is 0.0516. The van der Waals surface area contributed by atoms with E-state index in [9.17, 15) is 15.0 Å². The van der Waals surface area contributed by atoms with Gasteiger partial charge in [-0.05, 0) is 24.3 Å². The Labute approximate surface area is 153 Å². The van der Waals surface area contributed by atoms with Gasteiger partial charge in [0.05, 0.1) is 12.0 Å². The third kappa shape index (κ3) is 2.42. The second kappa shape index (κ2) is 5.75. The molecule has 2 aliphatic heterocycles. The molecule has 0 aliphatic carbocycles. The van der Waals surface area contributed by atoms with E-state index in [1.54, 1.807) is 6.08 Å². The number of hydrogen-bond acceptors (Lipinski definition) is 6. The van der Waals surface area contributed by atoms with Gasteiger partial charge >= 0.3 is 5.63 Å². The number of aromatic hydroxyl groups is 2. The Hall–Kier alpha value is -3.51. The summed E-state index contributed by atoms with van der Waals surface area (Å²) in [5, 5.41) is 20.7. The van der Waals surface area contributed by atoms with Gasteiger partial charge in [0.15, 0.2) is 0 Å². The molecule has 0 spiro atoms. The van der Waals surface area contributed by atoms with Crippen molar-refractivity contribution in [2.45, 2.75) is 6.29 Å². The second-order valence-corrected chi connectivity index (χ2v) is 6.33. The maximum atomic E-state index is 12.6. The summed E-state index contributed by atoms with van der Waals surface area (Å²) in [6.07, 6.45) is 2.93. The second-order valence-electron chi connectivity index (χ2n) is 6.33. The summed E-state index contributed by atoms with van der Waals surface area (Å²) in [4.78, 5) is 12.6. The summed E-state index contributed by atoms with van der Waals surface area (Å²) in [5.74, 6) is 0.439. The average molecular weight is 362 g/mol. The van der Waals surface area contributed by atoms with E-state index in [1.165, 1.54) is 18.2 Å². The van der Waals surface area contributed by atoms with Gasteiger partial charge in [0.25, 0.3) is 0 Å². The van der Waals surface area contributed by atoms with Crippen molar-refractivity contribution in [2.75, 3.05) is 6.61 Å². The number of phenols is 1. The maximum absolute atomic E-state index is 12.6. The van der Waals surface area contributed by atoms with Crippen molar-refractivity contribution in [3.63, 3.8) is 0 Å². The SMILES string of the molecule is O=c1oc2cc(O)ccc2c(O)c1C1=CCOC2Oc3ccccc3C=C12. The lowest BCUT2D eigenvalue weighted by atomic mass is 9.92. The summed E-state index contributed by atoms with van der Waals surface area (Å²) in [6, 6.07) is 11.7. The van der Waals surface area contributed by atoms with Gasteiger partial charge in [-0.15, -0.1) is 0 Å². The van der Waals surface area contributed by atoms with Gasteiger partial charge in [-0.2, -0.15) is 0 Å².